The predicted molar refractivity (Wildman–Crippen MR) is 69.8 cm³/mol. The summed E-state index contributed by atoms with van der Waals surface area (Å²) in [5, 5.41) is 0. The third-order valence-corrected chi connectivity index (χ3v) is 4.56. The highest BCUT2D eigenvalue weighted by atomic mass is 15.3. The highest BCUT2D eigenvalue weighted by Crippen LogP contribution is 2.27. The molecule has 2 heteroatoms. The first-order chi connectivity index (χ1) is 7.63. The van der Waals surface area contributed by atoms with E-state index in [1.165, 1.54) is 58.3 Å². The molecule has 1 unspecified atom stereocenters. The molecule has 0 radical (unpaired) electrons. The molecule has 0 saturated carbocycles. The topological polar surface area (TPSA) is 6.48 Å². The van der Waals surface area contributed by atoms with Crippen molar-refractivity contribution < 1.29 is 0 Å². The number of piperazine rings is 1. The van der Waals surface area contributed by atoms with Crippen molar-refractivity contribution in [3.8, 4) is 0 Å². The third kappa shape index (κ3) is 2.60. The summed E-state index contributed by atoms with van der Waals surface area (Å²) in [6.07, 6.45) is 6.94. The van der Waals surface area contributed by atoms with Crippen LogP contribution in [0.25, 0.3) is 0 Å². The smallest absolute Gasteiger partial charge is 0.0223 e. The van der Waals surface area contributed by atoms with E-state index in [0.717, 1.165) is 6.04 Å². The van der Waals surface area contributed by atoms with Crippen LogP contribution in [-0.4, -0.2) is 47.6 Å². The zero-order valence-corrected chi connectivity index (χ0v) is 11.3. The highest BCUT2D eigenvalue weighted by molar-refractivity contribution is 4.91. The molecule has 94 valence electrons. The summed E-state index contributed by atoms with van der Waals surface area (Å²) in [5.74, 6) is 0. The van der Waals surface area contributed by atoms with Crippen LogP contribution in [0.15, 0.2) is 0 Å². The number of rotatable bonds is 3. The van der Waals surface area contributed by atoms with E-state index in [4.69, 9.17) is 0 Å². The van der Waals surface area contributed by atoms with Gasteiger partial charge in [-0.2, -0.15) is 0 Å². The standard InChI is InChI=1S/C14H28N2/c1-4-8-14(2,3)16-11-10-15-9-6-5-7-13(15)12-16/h13H,4-12H2,1-3H3. The molecule has 0 aromatic rings. The molecule has 2 aliphatic heterocycles. The number of nitrogens with zero attached hydrogens (tertiary/aromatic N) is 2. The molecule has 0 amide bonds. The van der Waals surface area contributed by atoms with Crippen LogP contribution < -0.4 is 0 Å². The van der Waals surface area contributed by atoms with Crippen molar-refractivity contribution in [2.45, 2.75) is 64.5 Å². The van der Waals surface area contributed by atoms with Crippen molar-refractivity contribution in [1.29, 1.82) is 0 Å². The Bertz CT molecular complexity index is 225. The Morgan fingerprint density at radius 2 is 1.94 bits per heavy atom. The van der Waals surface area contributed by atoms with Crippen LogP contribution in [0.1, 0.15) is 52.9 Å². The zero-order chi connectivity index (χ0) is 11.6. The Hall–Kier alpha value is -0.0800. The Morgan fingerprint density at radius 3 is 2.69 bits per heavy atom. The van der Waals surface area contributed by atoms with E-state index in [-0.39, 0.29) is 0 Å². The molecule has 2 heterocycles. The lowest BCUT2D eigenvalue weighted by Crippen LogP contribution is -2.59. The third-order valence-electron chi connectivity index (χ3n) is 4.56. The Morgan fingerprint density at radius 1 is 1.12 bits per heavy atom. The van der Waals surface area contributed by atoms with Crippen LogP contribution in [0, 0.1) is 0 Å². The number of hydrogen-bond donors (Lipinski definition) is 0. The predicted octanol–water partition coefficient (Wildman–Crippen LogP) is 2.74. The van der Waals surface area contributed by atoms with Gasteiger partial charge in [0.05, 0.1) is 0 Å². The van der Waals surface area contributed by atoms with E-state index in [0.29, 0.717) is 5.54 Å². The molecule has 2 fully saturated rings. The van der Waals surface area contributed by atoms with Crippen molar-refractivity contribution in [3.05, 3.63) is 0 Å². The quantitative estimate of drug-likeness (QED) is 0.727. The maximum Gasteiger partial charge on any atom is 0.0223 e. The fraction of sp³-hybridized carbons (Fsp3) is 1.00. The second-order valence-electron chi connectivity index (χ2n) is 6.19. The van der Waals surface area contributed by atoms with Gasteiger partial charge in [-0.05, 0) is 39.7 Å². The largest absolute Gasteiger partial charge is 0.298 e. The van der Waals surface area contributed by atoms with E-state index < -0.39 is 0 Å². The fourth-order valence-corrected chi connectivity index (χ4v) is 3.48. The molecule has 1 atom stereocenters. The van der Waals surface area contributed by atoms with Gasteiger partial charge in [0.1, 0.15) is 0 Å². The summed E-state index contributed by atoms with van der Waals surface area (Å²) in [6, 6.07) is 0.860. The van der Waals surface area contributed by atoms with E-state index in [1.54, 1.807) is 0 Å². The van der Waals surface area contributed by atoms with Crippen LogP contribution in [0.2, 0.25) is 0 Å². The maximum absolute atomic E-state index is 2.74. The first-order valence-corrected chi connectivity index (χ1v) is 7.12. The molecule has 2 nitrogen and oxygen atoms in total. The van der Waals surface area contributed by atoms with Gasteiger partial charge in [-0.15, -0.1) is 0 Å². The molecule has 0 aliphatic carbocycles. The summed E-state index contributed by atoms with van der Waals surface area (Å²) in [4.78, 5) is 5.46. The average molecular weight is 224 g/mol. The number of hydrogen-bond acceptors (Lipinski definition) is 2. The lowest BCUT2D eigenvalue weighted by molar-refractivity contribution is -0.00393. The monoisotopic (exact) mass is 224 g/mol. The Labute approximate surface area is 101 Å². The van der Waals surface area contributed by atoms with Gasteiger partial charge in [-0.25, -0.2) is 0 Å². The van der Waals surface area contributed by atoms with Gasteiger partial charge in [0.25, 0.3) is 0 Å². The molecule has 2 saturated heterocycles. The summed E-state index contributed by atoms with van der Waals surface area (Å²) < 4.78 is 0. The van der Waals surface area contributed by atoms with Gasteiger partial charge in [0, 0.05) is 31.2 Å². The molecule has 0 N–H and O–H groups in total. The zero-order valence-electron chi connectivity index (χ0n) is 11.3. The van der Waals surface area contributed by atoms with E-state index in [1.807, 2.05) is 0 Å². The van der Waals surface area contributed by atoms with Crippen molar-refractivity contribution in [3.63, 3.8) is 0 Å². The molecule has 2 aliphatic rings. The van der Waals surface area contributed by atoms with Crippen molar-refractivity contribution in [1.82, 2.24) is 9.80 Å². The van der Waals surface area contributed by atoms with Crippen LogP contribution in [0.5, 0.6) is 0 Å². The first-order valence-electron chi connectivity index (χ1n) is 7.12. The Kier molecular flexibility index (Phi) is 3.91. The minimum Gasteiger partial charge on any atom is -0.298 e. The van der Waals surface area contributed by atoms with E-state index >= 15 is 0 Å². The fourth-order valence-electron chi connectivity index (χ4n) is 3.48. The van der Waals surface area contributed by atoms with Crippen molar-refractivity contribution in [2.24, 2.45) is 0 Å². The molecule has 0 aromatic carbocycles. The van der Waals surface area contributed by atoms with Gasteiger partial charge in [0.15, 0.2) is 0 Å². The number of fused-ring (bicyclic) bond motifs is 1. The van der Waals surface area contributed by atoms with Crippen LogP contribution in [-0.2, 0) is 0 Å². The second kappa shape index (κ2) is 5.05. The maximum atomic E-state index is 2.74. The van der Waals surface area contributed by atoms with E-state index in [9.17, 15) is 0 Å². The summed E-state index contributed by atoms with van der Waals surface area (Å²) in [5.41, 5.74) is 0.415. The van der Waals surface area contributed by atoms with Crippen LogP contribution >= 0.6 is 0 Å². The van der Waals surface area contributed by atoms with Gasteiger partial charge in [-0.1, -0.05) is 19.8 Å². The van der Waals surface area contributed by atoms with Gasteiger partial charge in [0.2, 0.25) is 0 Å². The number of piperidine rings is 1. The van der Waals surface area contributed by atoms with Crippen molar-refractivity contribution >= 4 is 0 Å². The average Bonchev–Trinajstić information content (AvgIpc) is 2.28. The summed E-state index contributed by atoms with van der Waals surface area (Å²) in [7, 11) is 0. The molecular formula is C14H28N2. The van der Waals surface area contributed by atoms with Gasteiger partial charge in [-0.3, -0.25) is 9.80 Å². The van der Waals surface area contributed by atoms with E-state index in [2.05, 4.69) is 30.6 Å². The van der Waals surface area contributed by atoms with Crippen LogP contribution in [0.3, 0.4) is 0 Å². The lowest BCUT2D eigenvalue weighted by Gasteiger charge is -2.49. The second-order valence-corrected chi connectivity index (χ2v) is 6.19. The summed E-state index contributed by atoms with van der Waals surface area (Å²) in [6.45, 7) is 12.4. The molecule has 0 aromatic heterocycles. The normalized spacial score (nSPS) is 29.1. The molecule has 0 spiro atoms. The van der Waals surface area contributed by atoms with Crippen LogP contribution in [0.4, 0.5) is 0 Å². The molecule has 2 rings (SSSR count). The molecule has 16 heavy (non-hydrogen) atoms. The van der Waals surface area contributed by atoms with Gasteiger partial charge >= 0.3 is 0 Å². The highest BCUT2D eigenvalue weighted by Gasteiger charge is 2.34. The molecular weight excluding hydrogens is 196 g/mol. The first kappa shape index (κ1) is 12.4. The lowest BCUT2D eigenvalue weighted by atomic mass is 9.92. The minimum absolute atomic E-state index is 0.415. The summed E-state index contributed by atoms with van der Waals surface area (Å²) >= 11 is 0. The SMILES string of the molecule is CCCC(C)(C)N1CCN2CCCCC2C1. The van der Waals surface area contributed by atoms with Gasteiger partial charge < -0.3 is 0 Å². The molecule has 0 bridgehead atoms. The Balaban J connectivity index is 1.94. The minimum atomic E-state index is 0.415. The van der Waals surface area contributed by atoms with Crippen molar-refractivity contribution in [2.75, 3.05) is 26.2 Å².